The van der Waals surface area contributed by atoms with Crippen molar-refractivity contribution in [2.24, 2.45) is 0 Å². The molecule has 2 N–H and O–H groups in total. The Hall–Kier alpha value is -0.670. The average Bonchev–Trinajstić information content (AvgIpc) is 2.41. The third-order valence-corrected chi connectivity index (χ3v) is 5.09. The number of aliphatic hydroxyl groups is 2. The molecule has 0 aliphatic heterocycles. The van der Waals surface area contributed by atoms with Crippen molar-refractivity contribution in [2.75, 3.05) is 32.9 Å². The van der Waals surface area contributed by atoms with Crippen LogP contribution in [0.3, 0.4) is 0 Å². The molecule has 0 saturated heterocycles. The zero-order chi connectivity index (χ0) is 15.2. The molecule has 1 aromatic rings. The van der Waals surface area contributed by atoms with Gasteiger partial charge in [-0.1, -0.05) is 0 Å². The SMILES string of the molecule is CCOc1cc(S(=O)(=O)N(CCO)CCO)ccc1Br. The fourth-order valence-electron chi connectivity index (χ4n) is 1.63. The maximum atomic E-state index is 12.4. The van der Waals surface area contributed by atoms with Gasteiger partial charge in [0.25, 0.3) is 0 Å². The Kier molecular flexibility index (Phi) is 6.90. The van der Waals surface area contributed by atoms with E-state index < -0.39 is 10.0 Å². The predicted octanol–water partition coefficient (Wildman–Crippen LogP) is 0.823. The van der Waals surface area contributed by atoms with E-state index in [0.717, 1.165) is 4.31 Å². The summed E-state index contributed by atoms with van der Waals surface area (Å²) in [6, 6.07) is 4.46. The quantitative estimate of drug-likeness (QED) is 0.710. The Balaban J connectivity index is 3.16. The Bertz CT molecular complexity index is 529. The molecule has 0 heterocycles. The van der Waals surface area contributed by atoms with E-state index in [-0.39, 0.29) is 31.2 Å². The van der Waals surface area contributed by atoms with Crippen LogP contribution in [-0.4, -0.2) is 55.8 Å². The molecule has 20 heavy (non-hydrogen) atoms. The molecule has 0 aliphatic carbocycles. The first-order chi connectivity index (χ1) is 9.47. The Morgan fingerprint density at radius 3 is 2.35 bits per heavy atom. The first-order valence-electron chi connectivity index (χ1n) is 6.11. The fourth-order valence-corrected chi connectivity index (χ4v) is 3.43. The average molecular weight is 368 g/mol. The third-order valence-electron chi connectivity index (χ3n) is 2.54. The number of rotatable bonds is 8. The second-order valence-corrected chi connectivity index (χ2v) is 6.67. The van der Waals surface area contributed by atoms with Crippen LogP contribution >= 0.6 is 15.9 Å². The maximum absolute atomic E-state index is 12.4. The van der Waals surface area contributed by atoms with Crippen LogP contribution in [0.1, 0.15) is 6.92 Å². The minimum atomic E-state index is -3.77. The highest BCUT2D eigenvalue weighted by Gasteiger charge is 2.24. The van der Waals surface area contributed by atoms with Crippen molar-refractivity contribution >= 4 is 26.0 Å². The molecule has 0 spiro atoms. The molecule has 0 atom stereocenters. The molecule has 1 aromatic carbocycles. The van der Waals surface area contributed by atoms with Gasteiger partial charge in [-0.05, 0) is 35.0 Å². The first kappa shape index (κ1) is 17.4. The number of sulfonamides is 1. The summed E-state index contributed by atoms with van der Waals surface area (Å²) in [4.78, 5) is 0.0612. The van der Waals surface area contributed by atoms with Crippen molar-refractivity contribution in [1.29, 1.82) is 0 Å². The maximum Gasteiger partial charge on any atom is 0.243 e. The van der Waals surface area contributed by atoms with Gasteiger partial charge in [0.2, 0.25) is 10.0 Å². The lowest BCUT2D eigenvalue weighted by atomic mass is 10.3. The fraction of sp³-hybridized carbons (Fsp3) is 0.500. The van der Waals surface area contributed by atoms with Gasteiger partial charge in [-0.15, -0.1) is 0 Å². The summed E-state index contributed by atoms with van der Waals surface area (Å²) in [5.74, 6) is 0.432. The van der Waals surface area contributed by atoms with E-state index in [4.69, 9.17) is 14.9 Å². The number of hydrogen-bond acceptors (Lipinski definition) is 5. The number of nitrogens with zero attached hydrogens (tertiary/aromatic N) is 1. The Morgan fingerprint density at radius 1 is 1.25 bits per heavy atom. The van der Waals surface area contributed by atoms with Crippen molar-refractivity contribution in [1.82, 2.24) is 4.31 Å². The van der Waals surface area contributed by atoms with E-state index in [2.05, 4.69) is 15.9 Å². The summed E-state index contributed by atoms with van der Waals surface area (Å²) in [6.07, 6.45) is 0. The summed E-state index contributed by atoms with van der Waals surface area (Å²) in [5, 5.41) is 17.9. The molecule has 0 bridgehead atoms. The topological polar surface area (TPSA) is 87.1 Å². The second kappa shape index (κ2) is 7.94. The highest BCUT2D eigenvalue weighted by atomic mass is 79.9. The minimum absolute atomic E-state index is 0.0612. The van der Waals surface area contributed by atoms with Crippen LogP contribution in [-0.2, 0) is 10.0 Å². The van der Waals surface area contributed by atoms with Crippen molar-refractivity contribution < 1.29 is 23.4 Å². The van der Waals surface area contributed by atoms with Crippen molar-refractivity contribution in [3.63, 3.8) is 0 Å². The molecule has 0 aliphatic rings. The molecule has 0 unspecified atom stereocenters. The summed E-state index contributed by atoms with van der Waals surface area (Å²) in [7, 11) is -3.77. The number of ether oxygens (including phenoxy) is 1. The molecule has 114 valence electrons. The van der Waals surface area contributed by atoms with Gasteiger partial charge in [0.15, 0.2) is 0 Å². The molecule has 0 radical (unpaired) electrons. The van der Waals surface area contributed by atoms with Crippen LogP contribution < -0.4 is 4.74 Å². The van der Waals surface area contributed by atoms with Gasteiger partial charge in [-0.3, -0.25) is 0 Å². The van der Waals surface area contributed by atoms with Gasteiger partial charge in [-0.2, -0.15) is 4.31 Å². The van der Waals surface area contributed by atoms with Crippen molar-refractivity contribution in [2.45, 2.75) is 11.8 Å². The van der Waals surface area contributed by atoms with E-state index in [1.165, 1.54) is 12.1 Å². The van der Waals surface area contributed by atoms with E-state index in [9.17, 15) is 8.42 Å². The summed E-state index contributed by atoms with van der Waals surface area (Å²) < 4.78 is 31.9. The van der Waals surface area contributed by atoms with E-state index >= 15 is 0 Å². The van der Waals surface area contributed by atoms with Crippen LogP contribution in [0.5, 0.6) is 5.75 Å². The lowest BCUT2D eigenvalue weighted by molar-refractivity contribution is 0.217. The van der Waals surface area contributed by atoms with E-state index in [0.29, 0.717) is 16.8 Å². The van der Waals surface area contributed by atoms with Crippen LogP contribution in [0, 0.1) is 0 Å². The molecule has 0 amide bonds. The monoisotopic (exact) mass is 367 g/mol. The normalized spacial score (nSPS) is 11.8. The molecule has 1 rings (SSSR count). The van der Waals surface area contributed by atoms with Crippen LogP contribution in [0.4, 0.5) is 0 Å². The summed E-state index contributed by atoms with van der Waals surface area (Å²) >= 11 is 3.28. The Morgan fingerprint density at radius 2 is 1.85 bits per heavy atom. The number of halogens is 1. The molecule has 0 aromatic heterocycles. The third kappa shape index (κ3) is 4.16. The number of benzene rings is 1. The van der Waals surface area contributed by atoms with Gasteiger partial charge in [0.05, 0.1) is 29.2 Å². The molecular weight excluding hydrogens is 350 g/mol. The highest BCUT2D eigenvalue weighted by Crippen LogP contribution is 2.29. The zero-order valence-corrected chi connectivity index (χ0v) is 13.5. The number of hydrogen-bond donors (Lipinski definition) is 2. The smallest absolute Gasteiger partial charge is 0.243 e. The Labute approximate surface area is 127 Å². The van der Waals surface area contributed by atoms with Crippen LogP contribution in [0.25, 0.3) is 0 Å². The zero-order valence-electron chi connectivity index (χ0n) is 11.1. The molecular formula is C12H18BrNO5S. The van der Waals surface area contributed by atoms with Crippen molar-refractivity contribution in [3.8, 4) is 5.75 Å². The van der Waals surface area contributed by atoms with Gasteiger partial charge in [0.1, 0.15) is 5.75 Å². The molecule has 6 nitrogen and oxygen atoms in total. The lowest BCUT2D eigenvalue weighted by Crippen LogP contribution is -2.35. The van der Waals surface area contributed by atoms with E-state index in [1.54, 1.807) is 13.0 Å². The first-order valence-corrected chi connectivity index (χ1v) is 8.34. The standard InChI is InChI=1S/C12H18BrNO5S/c1-2-19-12-9-10(3-4-11(12)13)20(17,18)14(5-7-15)6-8-16/h3-4,9,15-16H,2,5-8H2,1H3. The lowest BCUT2D eigenvalue weighted by Gasteiger charge is -2.20. The summed E-state index contributed by atoms with van der Waals surface area (Å²) in [5.41, 5.74) is 0. The van der Waals surface area contributed by atoms with Gasteiger partial charge in [0, 0.05) is 19.2 Å². The van der Waals surface area contributed by atoms with E-state index in [1.807, 2.05) is 0 Å². The van der Waals surface area contributed by atoms with Crippen LogP contribution in [0.2, 0.25) is 0 Å². The molecule has 0 fully saturated rings. The largest absolute Gasteiger partial charge is 0.493 e. The molecule has 8 heteroatoms. The predicted molar refractivity (Wildman–Crippen MR) is 78.2 cm³/mol. The number of aliphatic hydroxyl groups excluding tert-OH is 2. The van der Waals surface area contributed by atoms with Crippen molar-refractivity contribution in [3.05, 3.63) is 22.7 Å². The summed E-state index contributed by atoms with van der Waals surface area (Å²) in [6.45, 7) is 1.46. The van der Waals surface area contributed by atoms with Gasteiger partial charge < -0.3 is 14.9 Å². The highest BCUT2D eigenvalue weighted by molar-refractivity contribution is 9.10. The molecule has 0 saturated carbocycles. The van der Waals surface area contributed by atoms with Crippen LogP contribution in [0.15, 0.2) is 27.6 Å². The van der Waals surface area contributed by atoms with Gasteiger partial charge in [-0.25, -0.2) is 8.42 Å². The second-order valence-electron chi connectivity index (χ2n) is 3.88. The van der Waals surface area contributed by atoms with Gasteiger partial charge >= 0.3 is 0 Å². The minimum Gasteiger partial charge on any atom is -0.493 e.